The van der Waals surface area contributed by atoms with Gasteiger partial charge in [0.1, 0.15) is 17.1 Å². The zero-order valence-corrected chi connectivity index (χ0v) is 21.9. The van der Waals surface area contributed by atoms with Crippen molar-refractivity contribution in [3.63, 3.8) is 0 Å². The first-order valence-corrected chi connectivity index (χ1v) is 13.6. The summed E-state index contributed by atoms with van der Waals surface area (Å²) < 4.78 is 5.93. The molecule has 4 heterocycles. The summed E-state index contributed by atoms with van der Waals surface area (Å²) >= 11 is 0. The molecule has 2 fully saturated rings. The van der Waals surface area contributed by atoms with Crippen LogP contribution in [-0.2, 0) is 6.61 Å². The number of carboxylic acids is 1. The van der Waals surface area contributed by atoms with Crippen LogP contribution in [0.25, 0.3) is 27.7 Å². The molecule has 0 radical (unpaired) electrons. The van der Waals surface area contributed by atoms with E-state index in [1.54, 1.807) is 0 Å². The average molecular weight is 523 g/mol. The molecule has 8 nitrogen and oxygen atoms in total. The number of carbonyl (C=O) groups is 1. The molecule has 2 N–H and O–H groups in total. The fourth-order valence-electron chi connectivity index (χ4n) is 6.29. The number of anilines is 1. The number of allylic oxidation sites excluding steroid dienone is 2. The van der Waals surface area contributed by atoms with E-state index in [1.165, 1.54) is 17.2 Å². The molecule has 1 spiro atoms. The van der Waals surface area contributed by atoms with Crippen LogP contribution in [0, 0.1) is 12.3 Å². The van der Waals surface area contributed by atoms with Crippen molar-refractivity contribution in [2.45, 2.75) is 51.6 Å². The third-order valence-electron chi connectivity index (χ3n) is 8.66. The van der Waals surface area contributed by atoms with Crippen molar-refractivity contribution >= 4 is 28.1 Å². The Morgan fingerprint density at radius 2 is 1.97 bits per heavy atom. The van der Waals surface area contributed by atoms with Gasteiger partial charge in [0.15, 0.2) is 0 Å². The molecule has 8 heteroatoms. The van der Waals surface area contributed by atoms with Gasteiger partial charge in [0.2, 0.25) is 0 Å². The minimum Gasteiger partial charge on any atom is -0.477 e. The number of benzene rings is 1. The van der Waals surface area contributed by atoms with Gasteiger partial charge in [0, 0.05) is 53.1 Å². The molecular formula is C31H30N4O4. The summed E-state index contributed by atoms with van der Waals surface area (Å²) in [6.07, 6.45) is 9.76. The maximum Gasteiger partial charge on any atom is 0.354 e. The number of pyridine rings is 2. The highest BCUT2D eigenvalue weighted by Crippen LogP contribution is 2.55. The van der Waals surface area contributed by atoms with Gasteiger partial charge in [-0.15, -0.1) is 0 Å². The molecule has 0 unspecified atom stereocenters. The number of hydrogen-bond acceptors (Lipinski definition) is 7. The lowest BCUT2D eigenvalue weighted by Gasteiger charge is -2.47. The first kappa shape index (κ1) is 24.0. The van der Waals surface area contributed by atoms with E-state index in [1.807, 2.05) is 37.4 Å². The zero-order valence-electron chi connectivity index (χ0n) is 21.9. The number of rotatable bonds is 6. The Balaban J connectivity index is 1.13. The van der Waals surface area contributed by atoms with Gasteiger partial charge < -0.3 is 19.6 Å². The summed E-state index contributed by atoms with van der Waals surface area (Å²) in [5, 5.41) is 24.5. The van der Waals surface area contributed by atoms with Crippen LogP contribution in [0.4, 0.5) is 5.69 Å². The summed E-state index contributed by atoms with van der Waals surface area (Å²) in [7, 11) is 0. The van der Waals surface area contributed by atoms with Gasteiger partial charge in [-0.2, -0.15) is 0 Å². The quantitative estimate of drug-likeness (QED) is 0.330. The number of aliphatic hydroxyl groups is 1. The van der Waals surface area contributed by atoms with E-state index in [4.69, 9.17) is 4.52 Å². The first-order chi connectivity index (χ1) is 18.9. The number of hydrogen-bond donors (Lipinski definition) is 2. The SMILES string of the molecule is Cc1ncccc1-c1noc(C2CC2)c1C1=CC2(CCN(c3ccc4nc(C(=O)O)cc(CO)c4c3)CC2)C1. The van der Waals surface area contributed by atoms with E-state index in [-0.39, 0.29) is 17.7 Å². The minimum atomic E-state index is -1.09. The third-order valence-corrected chi connectivity index (χ3v) is 8.66. The second kappa shape index (κ2) is 9.02. The van der Waals surface area contributed by atoms with E-state index in [0.717, 1.165) is 79.0 Å². The van der Waals surface area contributed by atoms with E-state index in [2.05, 4.69) is 32.2 Å². The predicted octanol–water partition coefficient (Wildman–Crippen LogP) is 5.74. The van der Waals surface area contributed by atoms with Gasteiger partial charge in [0.25, 0.3) is 0 Å². The number of aromatic nitrogens is 3. The Hall–Kier alpha value is -4.04. The molecule has 198 valence electrons. The number of aryl methyl sites for hydroxylation is 1. The number of nitrogens with zero attached hydrogens (tertiary/aromatic N) is 4. The predicted molar refractivity (Wildman–Crippen MR) is 148 cm³/mol. The van der Waals surface area contributed by atoms with Crippen molar-refractivity contribution in [3.05, 3.63) is 76.9 Å². The zero-order chi connectivity index (χ0) is 26.7. The van der Waals surface area contributed by atoms with Crippen LogP contribution in [0.1, 0.15) is 71.1 Å². The monoisotopic (exact) mass is 522 g/mol. The molecule has 2 aliphatic carbocycles. The van der Waals surface area contributed by atoms with E-state index >= 15 is 0 Å². The number of piperidine rings is 1. The molecule has 39 heavy (non-hydrogen) atoms. The third kappa shape index (κ3) is 4.10. The Morgan fingerprint density at radius 3 is 2.67 bits per heavy atom. The fraction of sp³-hybridized carbons (Fsp3) is 0.355. The van der Waals surface area contributed by atoms with Crippen molar-refractivity contribution in [2.75, 3.05) is 18.0 Å². The molecule has 0 bridgehead atoms. The van der Waals surface area contributed by atoms with Crippen molar-refractivity contribution in [2.24, 2.45) is 5.41 Å². The van der Waals surface area contributed by atoms with Crippen LogP contribution in [0.5, 0.6) is 0 Å². The average Bonchev–Trinajstić information content (AvgIpc) is 3.69. The summed E-state index contributed by atoms with van der Waals surface area (Å²) in [4.78, 5) is 22.5. The molecule has 1 aromatic carbocycles. The minimum absolute atomic E-state index is 0.0497. The summed E-state index contributed by atoms with van der Waals surface area (Å²) in [6.45, 7) is 3.65. The second-order valence-corrected chi connectivity index (χ2v) is 11.2. The highest BCUT2D eigenvalue weighted by atomic mass is 16.5. The normalized spacial score (nSPS) is 18.3. The Labute approximate surface area is 226 Å². The standard InChI is InChI=1S/C31H30N4O4/c1-18-23(3-2-10-32-18)28-27(29(39-34-28)19-4-5-19)21-15-31(16-21)8-11-35(12-9-31)22-6-7-25-24(14-22)20(17-36)13-26(33-25)30(37)38/h2-3,6-7,10,13-15,19,36H,4-5,8-9,11-12,16-17H2,1H3,(H,37,38). The maximum atomic E-state index is 11.4. The summed E-state index contributed by atoms with van der Waals surface area (Å²) in [5.41, 5.74) is 7.87. The molecule has 0 atom stereocenters. The number of aromatic carboxylic acids is 1. The molecular weight excluding hydrogens is 492 g/mol. The van der Waals surface area contributed by atoms with Gasteiger partial charge in [-0.05, 0) is 92.0 Å². The fourth-order valence-corrected chi connectivity index (χ4v) is 6.29. The molecule has 3 aliphatic rings. The molecule has 0 amide bonds. The molecule has 1 saturated heterocycles. The van der Waals surface area contributed by atoms with Crippen LogP contribution in [0.15, 0.2) is 53.2 Å². The number of aliphatic hydroxyl groups excluding tert-OH is 1. The lowest BCUT2D eigenvalue weighted by Crippen LogP contribution is -2.42. The van der Waals surface area contributed by atoms with E-state index in [0.29, 0.717) is 17.0 Å². The largest absolute Gasteiger partial charge is 0.477 e. The van der Waals surface area contributed by atoms with Crippen LogP contribution < -0.4 is 4.90 Å². The first-order valence-electron chi connectivity index (χ1n) is 13.6. The van der Waals surface area contributed by atoms with Crippen molar-refractivity contribution in [3.8, 4) is 11.3 Å². The lowest BCUT2D eigenvalue weighted by atomic mass is 9.63. The summed E-state index contributed by atoms with van der Waals surface area (Å²) in [5.74, 6) is 0.431. The molecule has 1 aliphatic heterocycles. The van der Waals surface area contributed by atoms with Gasteiger partial charge in [-0.25, -0.2) is 9.78 Å². The van der Waals surface area contributed by atoms with Gasteiger partial charge in [-0.3, -0.25) is 4.98 Å². The second-order valence-electron chi connectivity index (χ2n) is 11.2. The van der Waals surface area contributed by atoms with Crippen LogP contribution in [0.2, 0.25) is 0 Å². The van der Waals surface area contributed by atoms with Crippen molar-refractivity contribution in [1.82, 2.24) is 15.1 Å². The van der Waals surface area contributed by atoms with Gasteiger partial charge >= 0.3 is 5.97 Å². The molecule has 7 rings (SSSR count). The Morgan fingerprint density at radius 1 is 1.18 bits per heavy atom. The number of carboxylic acid groups (broad SMARTS) is 1. The highest BCUT2D eigenvalue weighted by molar-refractivity contribution is 5.93. The van der Waals surface area contributed by atoms with Crippen LogP contribution in [0.3, 0.4) is 0 Å². The molecule has 4 aromatic rings. The maximum absolute atomic E-state index is 11.4. The number of fused-ring (bicyclic) bond motifs is 1. The Bertz CT molecular complexity index is 1640. The topological polar surface area (TPSA) is 113 Å². The van der Waals surface area contributed by atoms with Crippen molar-refractivity contribution in [1.29, 1.82) is 0 Å². The molecule has 3 aromatic heterocycles. The van der Waals surface area contributed by atoms with Crippen LogP contribution >= 0.6 is 0 Å². The molecule has 1 saturated carbocycles. The Kier molecular flexibility index (Phi) is 5.56. The highest BCUT2D eigenvalue weighted by Gasteiger charge is 2.44. The van der Waals surface area contributed by atoms with Crippen molar-refractivity contribution < 1.29 is 19.5 Å². The summed E-state index contributed by atoms with van der Waals surface area (Å²) in [6, 6.07) is 11.4. The smallest absolute Gasteiger partial charge is 0.354 e. The lowest BCUT2D eigenvalue weighted by molar-refractivity contribution is 0.0690. The van der Waals surface area contributed by atoms with E-state index < -0.39 is 5.97 Å². The van der Waals surface area contributed by atoms with Gasteiger partial charge in [0.05, 0.1) is 12.1 Å². The van der Waals surface area contributed by atoms with E-state index in [9.17, 15) is 15.0 Å². The van der Waals surface area contributed by atoms with Gasteiger partial charge in [-0.1, -0.05) is 11.2 Å². The van der Waals surface area contributed by atoms with Crippen LogP contribution in [-0.4, -0.2) is 44.4 Å².